The smallest absolute Gasteiger partial charge is 0.161 e. The Hall–Kier alpha value is -1.94. The predicted octanol–water partition coefficient (Wildman–Crippen LogP) is 3.48. The van der Waals surface area contributed by atoms with Crippen LogP contribution in [-0.4, -0.2) is 29.6 Å². The highest BCUT2D eigenvalue weighted by Gasteiger charge is 2.15. The third-order valence-corrected chi connectivity index (χ3v) is 4.66. The lowest BCUT2D eigenvalue weighted by atomic mass is 10.00. The van der Waals surface area contributed by atoms with E-state index in [1.54, 1.807) is 0 Å². The van der Waals surface area contributed by atoms with Crippen LogP contribution in [0.15, 0.2) is 24.3 Å². The number of hydrogen-bond acceptors (Lipinski definition) is 4. The average Bonchev–Trinajstić information content (AvgIpc) is 2.58. The summed E-state index contributed by atoms with van der Waals surface area (Å²) in [6.45, 7) is 9.46. The van der Waals surface area contributed by atoms with Crippen LogP contribution >= 0.6 is 0 Å². The molecule has 2 N–H and O–H groups in total. The second-order valence-electron chi connectivity index (χ2n) is 6.57. The van der Waals surface area contributed by atoms with Crippen LogP contribution in [0, 0.1) is 26.7 Å². The summed E-state index contributed by atoms with van der Waals surface area (Å²) >= 11 is 0. The molecule has 4 heteroatoms. The Morgan fingerprint density at radius 2 is 1.91 bits per heavy atom. The van der Waals surface area contributed by atoms with E-state index in [4.69, 9.17) is 4.98 Å². The van der Waals surface area contributed by atoms with Crippen molar-refractivity contribution in [3.63, 3.8) is 0 Å². The molecular weight excluding hydrogens is 284 g/mol. The molecule has 1 aromatic heterocycles. The van der Waals surface area contributed by atoms with E-state index in [9.17, 15) is 0 Å². The fourth-order valence-electron chi connectivity index (χ4n) is 2.97. The zero-order valence-electron chi connectivity index (χ0n) is 14.3. The number of aryl methyl sites for hydroxylation is 2. The molecule has 122 valence electrons. The maximum atomic E-state index is 4.77. The van der Waals surface area contributed by atoms with Gasteiger partial charge in [0.25, 0.3) is 0 Å². The van der Waals surface area contributed by atoms with Gasteiger partial charge in [0.05, 0.1) is 0 Å². The minimum atomic E-state index is 0.682. The van der Waals surface area contributed by atoms with E-state index >= 15 is 0 Å². The number of rotatable bonds is 4. The Morgan fingerprint density at radius 1 is 1.13 bits per heavy atom. The molecule has 1 atom stereocenters. The lowest BCUT2D eigenvalue weighted by Crippen LogP contribution is -2.33. The van der Waals surface area contributed by atoms with Crippen molar-refractivity contribution in [2.24, 2.45) is 5.92 Å². The van der Waals surface area contributed by atoms with Gasteiger partial charge < -0.3 is 10.6 Å². The van der Waals surface area contributed by atoms with Gasteiger partial charge in [-0.1, -0.05) is 29.8 Å². The molecule has 1 unspecified atom stereocenters. The second-order valence-corrected chi connectivity index (χ2v) is 6.57. The monoisotopic (exact) mass is 310 g/mol. The Labute approximate surface area is 138 Å². The van der Waals surface area contributed by atoms with Gasteiger partial charge in [0.15, 0.2) is 5.82 Å². The molecule has 4 nitrogen and oxygen atoms in total. The minimum Gasteiger partial charge on any atom is -0.369 e. The maximum absolute atomic E-state index is 4.77. The normalized spacial score (nSPS) is 18.0. The summed E-state index contributed by atoms with van der Waals surface area (Å²) in [5.74, 6) is 2.46. The van der Waals surface area contributed by atoms with Gasteiger partial charge >= 0.3 is 0 Å². The number of benzene rings is 1. The number of anilines is 1. The van der Waals surface area contributed by atoms with Crippen LogP contribution in [0.1, 0.15) is 29.7 Å². The summed E-state index contributed by atoms with van der Waals surface area (Å²) in [6, 6.07) is 8.39. The summed E-state index contributed by atoms with van der Waals surface area (Å²) in [6.07, 6.45) is 2.55. The number of piperidine rings is 1. The van der Waals surface area contributed by atoms with Crippen molar-refractivity contribution in [2.45, 2.75) is 33.6 Å². The molecule has 1 saturated heterocycles. The molecule has 0 spiro atoms. The minimum absolute atomic E-state index is 0.682. The highest BCUT2D eigenvalue weighted by molar-refractivity contribution is 5.60. The molecular formula is C19H26N4. The van der Waals surface area contributed by atoms with Crippen molar-refractivity contribution < 1.29 is 0 Å². The molecule has 1 aromatic carbocycles. The van der Waals surface area contributed by atoms with Gasteiger partial charge in [-0.05, 0) is 52.6 Å². The van der Waals surface area contributed by atoms with Crippen LogP contribution in [0.4, 0.5) is 5.82 Å². The van der Waals surface area contributed by atoms with Crippen LogP contribution in [-0.2, 0) is 0 Å². The highest BCUT2D eigenvalue weighted by Crippen LogP contribution is 2.22. The largest absolute Gasteiger partial charge is 0.369 e. The van der Waals surface area contributed by atoms with Crippen LogP contribution in [0.2, 0.25) is 0 Å². The predicted molar refractivity (Wildman–Crippen MR) is 95.8 cm³/mol. The lowest BCUT2D eigenvalue weighted by Gasteiger charge is -2.23. The van der Waals surface area contributed by atoms with Gasteiger partial charge in [-0.2, -0.15) is 0 Å². The van der Waals surface area contributed by atoms with E-state index in [0.29, 0.717) is 5.92 Å². The molecule has 0 bridgehead atoms. The molecule has 0 saturated carbocycles. The van der Waals surface area contributed by atoms with Crippen LogP contribution in [0.5, 0.6) is 0 Å². The zero-order valence-corrected chi connectivity index (χ0v) is 14.3. The summed E-state index contributed by atoms with van der Waals surface area (Å²) in [7, 11) is 0. The molecule has 1 aliphatic rings. The summed E-state index contributed by atoms with van der Waals surface area (Å²) in [4.78, 5) is 9.44. The van der Waals surface area contributed by atoms with E-state index < -0.39 is 0 Å². The van der Waals surface area contributed by atoms with Gasteiger partial charge in [0.1, 0.15) is 5.82 Å². The van der Waals surface area contributed by atoms with Crippen molar-refractivity contribution in [1.82, 2.24) is 15.3 Å². The van der Waals surface area contributed by atoms with Crippen molar-refractivity contribution in [3.8, 4) is 11.4 Å². The topological polar surface area (TPSA) is 49.8 Å². The fourth-order valence-corrected chi connectivity index (χ4v) is 2.97. The third-order valence-electron chi connectivity index (χ3n) is 4.66. The van der Waals surface area contributed by atoms with E-state index in [1.807, 2.05) is 0 Å². The second kappa shape index (κ2) is 7.09. The quantitative estimate of drug-likeness (QED) is 0.908. The molecule has 0 radical (unpaired) electrons. The van der Waals surface area contributed by atoms with Gasteiger partial charge in [-0.3, -0.25) is 0 Å². The Bertz CT molecular complexity index is 658. The summed E-state index contributed by atoms with van der Waals surface area (Å²) in [5.41, 5.74) is 4.51. The molecule has 1 fully saturated rings. The van der Waals surface area contributed by atoms with E-state index in [0.717, 1.165) is 48.1 Å². The van der Waals surface area contributed by atoms with E-state index in [2.05, 4.69) is 60.7 Å². The standard InChI is InChI=1S/C19H26N4/c1-13-6-8-17(9-7-13)19-22-15(3)14(2)18(23-19)21-12-16-5-4-10-20-11-16/h6-9,16,20H,4-5,10-12H2,1-3H3,(H,21,22,23). The van der Waals surface area contributed by atoms with Gasteiger partial charge in [0.2, 0.25) is 0 Å². The van der Waals surface area contributed by atoms with Crippen LogP contribution in [0.25, 0.3) is 11.4 Å². The first-order valence-electron chi connectivity index (χ1n) is 8.50. The number of nitrogens with zero attached hydrogens (tertiary/aromatic N) is 2. The van der Waals surface area contributed by atoms with Crippen molar-refractivity contribution in [1.29, 1.82) is 0 Å². The molecule has 23 heavy (non-hydrogen) atoms. The van der Waals surface area contributed by atoms with Gasteiger partial charge in [0, 0.05) is 23.4 Å². The fraction of sp³-hybridized carbons (Fsp3) is 0.474. The lowest BCUT2D eigenvalue weighted by molar-refractivity contribution is 0.392. The van der Waals surface area contributed by atoms with E-state index in [-0.39, 0.29) is 0 Å². The zero-order chi connectivity index (χ0) is 16.2. The molecule has 1 aliphatic heterocycles. The molecule has 0 aliphatic carbocycles. The number of aromatic nitrogens is 2. The highest BCUT2D eigenvalue weighted by atomic mass is 15.0. The number of nitrogens with one attached hydrogen (secondary N) is 2. The van der Waals surface area contributed by atoms with Crippen molar-refractivity contribution in [3.05, 3.63) is 41.1 Å². The van der Waals surface area contributed by atoms with Gasteiger partial charge in [-0.15, -0.1) is 0 Å². The number of hydrogen-bond donors (Lipinski definition) is 2. The van der Waals surface area contributed by atoms with Crippen LogP contribution in [0.3, 0.4) is 0 Å². The van der Waals surface area contributed by atoms with Crippen molar-refractivity contribution in [2.75, 3.05) is 25.0 Å². The Kier molecular flexibility index (Phi) is 4.91. The molecule has 2 heterocycles. The Morgan fingerprint density at radius 3 is 2.61 bits per heavy atom. The molecule has 2 aromatic rings. The first-order valence-corrected chi connectivity index (χ1v) is 8.50. The van der Waals surface area contributed by atoms with Crippen molar-refractivity contribution >= 4 is 5.82 Å². The molecule has 3 rings (SSSR count). The van der Waals surface area contributed by atoms with Gasteiger partial charge in [-0.25, -0.2) is 9.97 Å². The summed E-state index contributed by atoms with van der Waals surface area (Å²) in [5, 5.41) is 7.02. The SMILES string of the molecule is Cc1ccc(-c2nc(C)c(C)c(NCC3CCCNC3)n2)cc1. The first kappa shape index (κ1) is 15.9. The Balaban J connectivity index is 1.80. The maximum Gasteiger partial charge on any atom is 0.161 e. The first-order chi connectivity index (χ1) is 11.1. The average molecular weight is 310 g/mol. The summed E-state index contributed by atoms with van der Waals surface area (Å²) < 4.78 is 0. The third kappa shape index (κ3) is 3.88. The van der Waals surface area contributed by atoms with Crippen LogP contribution < -0.4 is 10.6 Å². The van der Waals surface area contributed by atoms with E-state index in [1.165, 1.54) is 18.4 Å². The molecule has 0 amide bonds.